The second kappa shape index (κ2) is 5.54. The summed E-state index contributed by atoms with van der Waals surface area (Å²) < 4.78 is 0. The molecule has 0 spiro atoms. The van der Waals surface area contributed by atoms with E-state index >= 15 is 0 Å². The number of rotatable bonds is 2. The van der Waals surface area contributed by atoms with E-state index in [0.717, 1.165) is 37.4 Å². The summed E-state index contributed by atoms with van der Waals surface area (Å²) in [6.45, 7) is 5.71. The molecule has 0 unspecified atom stereocenters. The van der Waals surface area contributed by atoms with Gasteiger partial charge in [0.1, 0.15) is 6.07 Å². The summed E-state index contributed by atoms with van der Waals surface area (Å²) in [7, 11) is 2.10. The average Bonchev–Trinajstić information content (AvgIpc) is 2.92. The number of nitriles is 1. The predicted octanol–water partition coefficient (Wildman–Crippen LogP) is 1.20. The highest BCUT2D eigenvalue weighted by Gasteiger charge is 2.22. The van der Waals surface area contributed by atoms with Gasteiger partial charge in [0.2, 0.25) is 5.69 Å². The van der Waals surface area contributed by atoms with Gasteiger partial charge in [-0.15, -0.1) is 15.0 Å². The van der Waals surface area contributed by atoms with Crippen LogP contribution in [-0.4, -0.2) is 53.1 Å². The molecule has 0 atom stereocenters. The van der Waals surface area contributed by atoms with E-state index in [4.69, 9.17) is 0 Å². The number of aryl methyl sites for hydroxylation is 1. The maximum atomic E-state index is 9.33. The highest BCUT2D eigenvalue weighted by Crippen LogP contribution is 2.20. The number of anilines is 1. The van der Waals surface area contributed by atoms with Crippen molar-refractivity contribution in [1.82, 2.24) is 19.9 Å². The van der Waals surface area contributed by atoms with E-state index in [1.54, 1.807) is 4.80 Å². The number of benzene rings is 1. The number of piperazine rings is 1. The lowest BCUT2D eigenvalue weighted by atomic mass is 10.2. The van der Waals surface area contributed by atoms with Gasteiger partial charge in [-0.1, -0.05) is 18.2 Å². The summed E-state index contributed by atoms with van der Waals surface area (Å²) in [5.74, 6) is 0.689. The molecular formula is C15H18N6. The normalized spacial score (nSPS) is 16.0. The predicted molar refractivity (Wildman–Crippen MR) is 80.5 cm³/mol. The highest BCUT2D eigenvalue weighted by molar-refractivity contribution is 5.51. The lowest BCUT2D eigenvalue weighted by Gasteiger charge is -2.32. The molecule has 1 aromatic heterocycles. The third-order valence-corrected chi connectivity index (χ3v) is 3.84. The lowest BCUT2D eigenvalue weighted by Crippen LogP contribution is -2.45. The molecule has 0 radical (unpaired) electrons. The van der Waals surface area contributed by atoms with Crippen molar-refractivity contribution in [3.05, 3.63) is 35.5 Å². The maximum Gasteiger partial charge on any atom is 0.207 e. The quantitative estimate of drug-likeness (QED) is 0.828. The van der Waals surface area contributed by atoms with Crippen LogP contribution in [0.5, 0.6) is 0 Å². The number of aromatic nitrogens is 3. The third-order valence-electron chi connectivity index (χ3n) is 3.84. The van der Waals surface area contributed by atoms with E-state index in [0.29, 0.717) is 11.5 Å². The van der Waals surface area contributed by atoms with Gasteiger partial charge in [0.25, 0.3) is 0 Å². The Morgan fingerprint density at radius 2 is 1.81 bits per heavy atom. The number of para-hydroxylation sites is 1. The van der Waals surface area contributed by atoms with Crippen LogP contribution in [0.2, 0.25) is 0 Å². The van der Waals surface area contributed by atoms with Gasteiger partial charge >= 0.3 is 0 Å². The summed E-state index contributed by atoms with van der Waals surface area (Å²) in [6.07, 6.45) is 0. The van der Waals surface area contributed by atoms with Crippen LogP contribution in [0, 0.1) is 18.3 Å². The Bertz CT molecular complexity index is 676. The molecule has 3 rings (SSSR count). The zero-order valence-corrected chi connectivity index (χ0v) is 12.3. The van der Waals surface area contributed by atoms with E-state index < -0.39 is 0 Å². The summed E-state index contributed by atoms with van der Waals surface area (Å²) in [5.41, 5.74) is 2.39. The van der Waals surface area contributed by atoms with Crippen LogP contribution in [0.3, 0.4) is 0 Å². The van der Waals surface area contributed by atoms with Gasteiger partial charge in [-0.25, -0.2) is 0 Å². The second-order valence-electron chi connectivity index (χ2n) is 5.35. The van der Waals surface area contributed by atoms with Crippen molar-refractivity contribution >= 4 is 5.82 Å². The molecule has 0 N–H and O–H groups in total. The first kappa shape index (κ1) is 13.6. The highest BCUT2D eigenvalue weighted by atomic mass is 15.5. The fraction of sp³-hybridized carbons (Fsp3) is 0.400. The van der Waals surface area contributed by atoms with E-state index in [-0.39, 0.29) is 0 Å². The van der Waals surface area contributed by atoms with Crippen molar-refractivity contribution in [2.24, 2.45) is 0 Å². The molecule has 0 bridgehead atoms. The van der Waals surface area contributed by atoms with Gasteiger partial charge < -0.3 is 9.80 Å². The first-order valence-electron chi connectivity index (χ1n) is 7.06. The van der Waals surface area contributed by atoms with Crippen LogP contribution in [0.25, 0.3) is 5.69 Å². The van der Waals surface area contributed by atoms with Crippen molar-refractivity contribution in [3.8, 4) is 11.8 Å². The fourth-order valence-corrected chi connectivity index (χ4v) is 2.50. The Morgan fingerprint density at radius 1 is 1.10 bits per heavy atom. The lowest BCUT2D eigenvalue weighted by molar-refractivity contribution is 0.312. The van der Waals surface area contributed by atoms with Gasteiger partial charge in [-0.3, -0.25) is 0 Å². The van der Waals surface area contributed by atoms with E-state index in [1.165, 1.54) is 0 Å². The molecule has 6 heteroatoms. The molecule has 2 heterocycles. The van der Waals surface area contributed by atoms with E-state index in [2.05, 4.69) is 33.1 Å². The van der Waals surface area contributed by atoms with Crippen molar-refractivity contribution in [2.75, 3.05) is 38.1 Å². The molecule has 0 saturated carbocycles. The minimum atomic E-state index is 0.391. The second-order valence-corrected chi connectivity index (χ2v) is 5.35. The standard InChI is InChI=1S/C15H18N6/c1-12-5-3-4-6-14(12)21-17-13(11-16)15(18-21)20-9-7-19(2)8-10-20/h3-6H,7-10H2,1-2H3. The van der Waals surface area contributed by atoms with Crippen LogP contribution in [0.1, 0.15) is 11.3 Å². The molecule has 6 nitrogen and oxygen atoms in total. The van der Waals surface area contributed by atoms with Crippen LogP contribution in [0.4, 0.5) is 5.82 Å². The van der Waals surface area contributed by atoms with E-state index in [1.807, 2.05) is 31.2 Å². The molecule has 1 aliphatic rings. The maximum absolute atomic E-state index is 9.33. The smallest absolute Gasteiger partial charge is 0.207 e. The molecule has 0 aliphatic carbocycles. The number of hydrogen-bond acceptors (Lipinski definition) is 5. The molecule has 21 heavy (non-hydrogen) atoms. The van der Waals surface area contributed by atoms with Crippen LogP contribution >= 0.6 is 0 Å². The third kappa shape index (κ3) is 2.60. The Balaban J connectivity index is 1.96. The van der Waals surface area contributed by atoms with Gasteiger partial charge in [-0.2, -0.15) is 5.26 Å². The van der Waals surface area contributed by atoms with Crippen LogP contribution < -0.4 is 4.90 Å². The van der Waals surface area contributed by atoms with Crippen molar-refractivity contribution in [1.29, 1.82) is 5.26 Å². The van der Waals surface area contributed by atoms with Crippen molar-refractivity contribution in [2.45, 2.75) is 6.92 Å². The summed E-state index contributed by atoms with van der Waals surface area (Å²) >= 11 is 0. The largest absolute Gasteiger partial charge is 0.350 e. The topological polar surface area (TPSA) is 61.0 Å². The molecule has 1 fully saturated rings. The van der Waals surface area contributed by atoms with Crippen LogP contribution in [-0.2, 0) is 0 Å². The van der Waals surface area contributed by atoms with E-state index in [9.17, 15) is 5.26 Å². The zero-order valence-electron chi connectivity index (χ0n) is 12.3. The van der Waals surface area contributed by atoms with Crippen molar-refractivity contribution in [3.63, 3.8) is 0 Å². The summed E-state index contributed by atoms with van der Waals surface area (Å²) in [4.78, 5) is 5.98. The monoisotopic (exact) mass is 282 g/mol. The zero-order chi connectivity index (χ0) is 14.8. The minimum Gasteiger partial charge on any atom is -0.350 e. The SMILES string of the molecule is Cc1ccccc1-n1nc(C#N)c(N2CCN(C)CC2)n1. The van der Waals surface area contributed by atoms with Gasteiger partial charge in [0.15, 0.2) is 5.82 Å². The van der Waals surface area contributed by atoms with Gasteiger partial charge in [0.05, 0.1) is 5.69 Å². The summed E-state index contributed by atoms with van der Waals surface area (Å²) in [5, 5.41) is 18.2. The average molecular weight is 282 g/mol. The van der Waals surface area contributed by atoms with Gasteiger partial charge in [0, 0.05) is 26.2 Å². The first-order chi connectivity index (χ1) is 10.2. The number of likely N-dealkylation sites (N-methyl/N-ethyl adjacent to an activating group) is 1. The Hall–Kier alpha value is -2.39. The molecule has 1 aromatic carbocycles. The molecular weight excluding hydrogens is 264 g/mol. The Labute approximate surface area is 124 Å². The number of hydrogen-bond donors (Lipinski definition) is 0. The molecule has 0 amide bonds. The first-order valence-corrected chi connectivity index (χ1v) is 7.06. The molecule has 1 saturated heterocycles. The molecule has 1 aliphatic heterocycles. The minimum absolute atomic E-state index is 0.391. The Morgan fingerprint density at radius 3 is 2.48 bits per heavy atom. The molecule has 2 aromatic rings. The summed E-state index contributed by atoms with van der Waals surface area (Å²) in [6, 6.07) is 10.1. The van der Waals surface area contributed by atoms with Crippen LogP contribution in [0.15, 0.2) is 24.3 Å². The van der Waals surface area contributed by atoms with Crippen molar-refractivity contribution < 1.29 is 0 Å². The van der Waals surface area contributed by atoms with Gasteiger partial charge in [-0.05, 0) is 25.6 Å². The fourth-order valence-electron chi connectivity index (χ4n) is 2.50. The molecule has 108 valence electrons. The Kier molecular flexibility index (Phi) is 3.59. The number of nitrogens with zero attached hydrogens (tertiary/aromatic N) is 6.